The highest BCUT2D eigenvalue weighted by molar-refractivity contribution is 5.85. The van der Waals surface area contributed by atoms with E-state index in [1.165, 1.54) is 11.1 Å². The number of β-amino-alcohol motifs (C(OH)–C–C–N with tert-alkyl or cyclic N) is 1. The summed E-state index contributed by atoms with van der Waals surface area (Å²) in [7, 11) is 1.71. The largest absolute Gasteiger partial charge is 0.391 e. The van der Waals surface area contributed by atoms with E-state index in [2.05, 4.69) is 34.9 Å². The van der Waals surface area contributed by atoms with E-state index in [0.717, 1.165) is 26.2 Å². The van der Waals surface area contributed by atoms with Gasteiger partial charge in [-0.3, -0.25) is 0 Å². The molecule has 4 nitrogen and oxygen atoms in total. The van der Waals surface area contributed by atoms with Crippen molar-refractivity contribution < 1.29 is 9.84 Å². The van der Waals surface area contributed by atoms with Gasteiger partial charge in [-0.25, -0.2) is 0 Å². The van der Waals surface area contributed by atoms with Gasteiger partial charge in [0.25, 0.3) is 0 Å². The third-order valence-corrected chi connectivity index (χ3v) is 3.34. The molecule has 0 aromatic heterocycles. The smallest absolute Gasteiger partial charge is 0.0716 e. The van der Waals surface area contributed by atoms with Crippen molar-refractivity contribution in [3.63, 3.8) is 0 Å². The van der Waals surface area contributed by atoms with Crippen LogP contribution in [0.3, 0.4) is 0 Å². The van der Waals surface area contributed by atoms with Crippen LogP contribution in [-0.4, -0.2) is 38.0 Å². The minimum Gasteiger partial charge on any atom is -0.391 e. The zero-order valence-corrected chi connectivity index (χ0v) is 12.1. The van der Waals surface area contributed by atoms with Gasteiger partial charge in [-0.2, -0.15) is 0 Å². The van der Waals surface area contributed by atoms with Crippen LogP contribution < -0.4 is 10.6 Å². The van der Waals surface area contributed by atoms with Crippen LogP contribution >= 0.6 is 12.4 Å². The Balaban J connectivity index is 0.00000180. The summed E-state index contributed by atoms with van der Waals surface area (Å²) in [6.07, 6.45) is -0.211. The molecule has 2 unspecified atom stereocenters. The minimum absolute atomic E-state index is 0. The highest BCUT2D eigenvalue weighted by Crippen LogP contribution is 2.09. The van der Waals surface area contributed by atoms with Crippen LogP contribution in [0.25, 0.3) is 0 Å². The van der Waals surface area contributed by atoms with E-state index < -0.39 is 0 Å². The summed E-state index contributed by atoms with van der Waals surface area (Å²) in [5.74, 6) is 0.326. The quantitative estimate of drug-likeness (QED) is 0.728. The van der Waals surface area contributed by atoms with Gasteiger partial charge in [-0.1, -0.05) is 24.3 Å². The van der Waals surface area contributed by atoms with Crippen LogP contribution in [0.15, 0.2) is 24.3 Å². The molecule has 0 radical (unpaired) electrons. The number of benzene rings is 1. The molecule has 0 bridgehead atoms. The molecule has 1 aromatic carbocycles. The zero-order valence-electron chi connectivity index (χ0n) is 11.3. The molecule has 2 rings (SSSR count). The molecule has 1 aliphatic heterocycles. The molecule has 1 fully saturated rings. The molecule has 0 saturated carbocycles. The second kappa shape index (κ2) is 8.51. The van der Waals surface area contributed by atoms with Crippen LogP contribution in [0.2, 0.25) is 0 Å². The highest BCUT2D eigenvalue weighted by atomic mass is 35.5. The highest BCUT2D eigenvalue weighted by Gasteiger charge is 2.23. The van der Waals surface area contributed by atoms with Gasteiger partial charge in [-0.05, 0) is 11.1 Å². The van der Waals surface area contributed by atoms with E-state index in [-0.39, 0.29) is 18.5 Å². The molecular weight excluding hydrogens is 264 g/mol. The predicted octanol–water partition coefficient (Wildman–Crippen LogP) is 0.925. The Morgan fingerprint density at radius 1 is 1.37 bits per heavy atom. The first-order valence-electron chi connectivity index (χ1n) is 6.46. The molecule has 108 valence electrons. The molecular formula is C14H23ClN2O2. The van der Waals surface area contributed by atoms with E-state index in [1.807, 2.05) is 0 Å². The summed E-state index contributed by atoms with van der Waals surface area (Å²) in [5.41, 5.74) is 2.45. The number of halogens is 1. The van der Waals surface area contributed by atoms with Gasteiger partial charge in [0.2, 0.25) is 0 Å². The second-order valence-corrected chi connectivity index (χ2v) is 4.87. The third-order valence-electron chi connectivity index (χ3n) is 3.34. The Hall–Kier alpha value is -0.650. The fourth-order valence-electron chi connectivity index (χ4n) is 2.33. The summed E-state index contributed by atoms with van der Waals surface area (Å²) in [6.45, 7) is 3.95. The Kier molecular flexibility index (Phi) is 7.34. The van der Waals surface area contributed by atoms with Crippen LogP contribution in [0.1, 0.15) is 11.1 Å². The third kappa shape index (κ3) is 5.09. The van der Waals surface area contributed by atoms with Crippen molar-refractivity contribution in [2.45, 2.75) is 19.3 Å². The molecule has 0 aliphatic carbocycles. The minimum atomic E-state index is -0.211. The summed E-state index contributed by atoms with van der Waals surface area (Å²) in [4.78, 5) is 0. The van der Waals surface area contributed by atoms with Crippen molar-refractivity contribution in [1.29, 1.82) is 0 Å². The number of ether oxygens (including phenoxy) is 1. The van der Waals surface area contributed by atoms with Crippen molar-refractivity contribution in [3.05, 3.63) is 35.4 Å². The molecule has 1 saturated heterocycles. The molecule has 3 N–H and O–H groups in total. The van der Waals surface area contributed by atoms with E-state index in [1.54, 1.807) is 7.11 Å². The Labute approximate surface area is 121 Å². The van der Waals surface area contributed by atoms with E-state index in [4.69, 9.17) is 4.74 Å². The molecule has 0 spiro atoms. The molecule has 2 atom stereocenters. The van der Waals surface area contributed by atoms with E-state index in [0.29, 0.717) is 12.5 Å². The van der Waals surface area contributed by atoms with Gasteiger partial charge in [-0.15, -0.1) is 12.4 Å². The lowest BCUT2D eigenvalue weighted by Gasteiger charge is -2.14. The van der Waals surface area contributed by atoms with Crippen molar-refractivity contribution >= 4 is 12.4 Å². The molecule has 1 aromatic rings. The number of nitrogens with one attached hydrogen (secondary N) is 2. The van der Waals surface area contributed by atoms with E-state index >= 15 is 0 Å². The normalized spacial score (nSPS) is 22.2. The predicted molar refractivity (Wildman–Crippen MR) is 78.5 cm³/mol. The molecule has 1 aliphatic rings. The van der Waals surface area contributed by atoms with Crippen LogP contribution in [-0.2, 0) is 17.9 Å². The molecule has 0 amide bonds. The van der Waals surface area contributed by atoms with Gasteiger partial charge in [0.15, 0.2) is 0 Å². The lowest BCUT2D eigenvalue weighted by atomic mass is 10.1. The molecule has 19 heavy (non-hydrogen) atoms. The average molecular weight is 287 g/mol. The van der Waals surface area contributed by atoms with Crippen molar-refractivity contribution in [2.24, 2.45) is 5.92 Å². The Morgan fingerprint density at radius 2 is 2.16 bits per heavy atom. The number of rotatable bonds is 6. The van der Waals surface area contributed by atoms with E-state index in [9.17, 15) is 5.11 Å². The summed E-state index contributed by atoms with van der Waals surface area (Å²) in [5, 5.41) is 16.3. The van der Waals surface area contributed by atoms with Crippen LogP contribution in [0.4, 0.5) is 0 Å². The first kappa shape index (κ1) is 16.4. The number of aliphatic hydroxyl groups excluding tert-OH is 1. The average Bonchev–Trinajstić information content (AvgIpc) is 2.76. The van der Waals surface area contributed by atoms with Crippen molar-refractivity contribution in [1.82, 2.24) is 10.6 Å². The number of aliphatic hydroxyl groups is 1. The molecule has 5 heteroatoms. The van der Waals surface area contributed by atoms with Crippen LogP contribution in [0.5, 0.6) is 0 Å². The van der Waals surface area contributed by atoms with Gasteiger partial charge in [0, 0.05) is 39.2 Å². The summed E-state index contributed by atoms with van der Waals surface area (Å²) < 4.78 is 5.12. The second-order valence-electron chi connectivity index (χ2n) is 4.87. The van der Waals surface area contributed by atoms with Crippen molar-refractivity contribution in [2.75, 3.05) is 26.7 Å². The SMILES string of the molecule is COCc1cccc(CNCC2CNCC2O)c1.Cl. The topological polar surface area (TPSA) is 53.5 Å². The Bertz CT molecular complexity index is 376. The maximum atomic E-state index is 9.68. The fourth-order valence-corrected chi connectivity index (χ4v) is 2.33. The number of hydrogen-bond donors (Lipinski definition) is 3. The van der Waals surface area contributed by atoms with Gasteiger partial charge in [0.05, 0.1) is 12.7 Å². The number of hydrogen-bond acceptors (Lipinski definition) is 4. The first-order chi connectivity index (χ1) is 8.79. The lowest BCUT2D eigenvalue weighted by Crippen LogP contribution is -2.30. The maximum Gasteiger partial charge on any atom is 0.0716 e. The van der Waals surface area contributed by atoms with Gasteiger partial charge >= 0.3 is 0 Å². The first-order valence-corrected chi connectivity index (χ1v) is 6.46. The monoisotopic (exact) mass is 286 g/mol. The van der Waals surface area contributed by atoms with Gasteiger partial charge in [0.1, 0.15) is 0 Å². The van der Waals surface area contributed by atoms with Gasteiger partial charge < -0.3 is 20.5 Å². The van der Waals surface area contributed by atoms with Crippen LogP contribution in [0, 0.1) is 5.92 Å². The molecule has 1 heterocycles. The zero-order chi connectivity index (χ0) is 12.8. The maximum absolute atomic E-state index is 9.68. The fraction of sp³-hybridized carbons (Fsp3) is 0.571. The summed E-state index contributed by atoms with van der Waals surface area (Å²) in [6, 6.07) is 8.38. The lowest BCUT2D eigenvalue weighted by molar-refractivity contribution is 0.146. The standard InChI is InChI=1S/C14H22N2O2.ClH/c1-18-10-12-4-2-3-11(5-12)6-15-7-13-8-16-9-14(13)17;/h2-5,13-17H,6-10H2,1H3;1H. The summed E-state index contributed by atoms with van der Waals surface area (Å²) >= 11 is 0. The number of methoxy groups -OCH3 is 1. The Morgan fingerprint density at radius 3 is 2.84 bits per heavy atom. The van der Waals surface area contributed by atoms with Crippen molar-refractivity contribution in [3.8, 4) is 0 Å².